The third-order valence-electron chi connectivity index (χ3n) is 3.83. The molecule has 0 bridgehead atoms. The maximum absolute atomic E-state index is 14.5. The molecule has 0 radical (unpaired) electrons. The van der Waals surface area contributed by atoms with Crippen LogP contribution in [-0.2, 0) is 11.8 Å². The summed E-state index contributed by atoms with van der Waals surface area (Å²) in [6, 6.07) is 6.36. The molecule has 126 valence electrons. The first-order valence-electron chi connectivity index (χ1n) is 7.51. The highest BCUT2D eigenvalue weighted by Gasteiger charge is 2.32. The first-order valence-corrected chi connectivity index (χ1v) is 7.51. The summed E-state index contributed by atoms with van der Waals surface area (Å²) in [6.45, 7) is 2.28. The summed E-state index contributed by atoms with van der Waals surface area (Å²) >= 11 is 0. The molecule has 0 spiro atoms. The Kier molecular flexibility index (Phi) is 4.20. The molecule has 7 nitrogen and oxygen atoms in total. The van der Waals surface area contributed by atoms with Gasteiger partial charge in [0.05, 0.1) is 30.3 Å². The number of aromatic nitrogens is 2. The van der Waals surface area contributed by atoms with Crippen LogP contribution in [0.4, 0.5) is 14.9 Å². The van der Waals surface area contributed by atoms with Crippen molar-refractivity contribution in [3.05, 3.63) is 36.3 Å². The quantitative estimate of drug-likeness (QED) is 0.664. The van der Waals surface area contributed by atoms with Gasteiger partial charge >= 0.3 is 6.09 Å². The fourth-order valence-corrected chi connectivity index (χ4v) is 2.62. The van der Waals surface area contributed by atoms with E-state index in [4.69, 9.17) is 10.1 Å². The van der Waals surface area contributed by atoms with Crippen LogP contribution in [0.2, 0.25) is 0 Å². The van der Waals surface area contributed by atoms with E-state index < -0.39 is 11.9 Å². The second-order valence-electron chi connectivity index (χ2n) is 5.63. The van der Waals surface area contributed by atoms with Gasteiger partial charge in [0, 0.05) is 18.8 Å². The molecule has 2 heterocycles. The van der Waals surface area contributed by atoms with E-state index in [0.717, 1.165) is 0 Å². The van der Waals surface area contributed by atoms with Gasteiger partial charge in [0.1, 0.15) is 11.9 Å². The number of ether oxygens (including phenoxy) is 1. The molecule has 0 saturated carbocycles. The summed E-state index contributed by atoms with van der Waals surface area (Å²) in [5, 5.41) is 14.2. The Bertz CT molecular complexity index is 789. The van der Waals surface area contributed by atoms with Crippen LogP contribution >= 0.6 is 0 Å². The number of rotatable bonds is 4. The van der Waals surface area contributed by atoms with Crippen molar-refractivity contribution in [1.82, 2.24) is 15.1 Å². The van der Waals surface area contributed by atoms with Gasteiger partial charge in [-0.15, -0.1) is 0 Å². The van der Waals surface area contributed by atoms with Gasteiger partial charge < -0.3 is 10.1 Å². The van der Waals surface area contributed by atoms with Crippen LogP contribution < -0.4 is 10.2 Å². The molecular weight excluding hydrogens is 313 g/mol. The van der Waals surface area contributed by atoms with Crippen molar-refractivity contribution in [1.29, 1.82) is 5.41 Å². The molecule has 1 saturated heterocycles. The van der Waals surface area contributed by atoms with Crippen LogP contribution in [0.25, 0.3) is 11.3 Å². The van der Waals surface area contributed by atoms with Crippen LogP contribution in [0, 0.1) is 11.2 Å². The van der Waals surface area contributed by atoms with Crippen molar-refractivity contribution >= 4 is 17.6 Å². The molecule has 3 rings (SSSR count). The number of amidine groups is 1. The molecule has 24 heavy (non-hydrogen) atoms. The number of cyclic esters (lactones) is 1. The van der Waals surface area contributed by atoms with Gasteiger partial charge in [-0.25, -0.2) is 9.18 Å². The predicted octanol–water partition coefficient (Wildman–Crippen LogP) is 2.14. The first-order chi connectivity index (χ1) is 11.5. The second-order valence-corrected chi connectivity index (χ2v) is 5.63. The lowest BCUT2D eigenvalue weighted by Gasteiger charge is -2.14. The SMILES string of the molecule is CC(=N)NCC1CN(c2ccc(-c3ccnn3C)c(F)c2)C(=O)O1. The highest BCUT2D eigenvalue weighted by atomic mass is 19.1. The molecule has 1 aliphatic rings. The lowest BCUT2D eigenvalue weighted by atomic mass is 10.1. The lowest BCUT2D eigenvalue weighted by molar-refractivity contribution is 0.142. The van der Waals surface area contributed by atoms with Gasteiger partial charge in [0.15, 0.2) is 0 Å². The molecule has 1 aromatic carbocycles. The van der Waals surface area contributed by atoms with Gasteiger partial charge in [0.25, 0.3) is 0 Å². The van der Waals surface area contributed by atoms with Crippen molar-refractivity contribution < 1.29 is 13.9 Å². The smallest absolute Gasteiger partial charge is 0.414 e. The lowest BCUT2D eigenvalue weighted by Crippen LogP contribution is -2.33. The third kappa shape index (κ3) is 3.08. The van der Waals surface area contributed by atoms with Crippen molar-refractivity contribution in [2.45, 2.75) is 13.0 Å². The number of hydrogen-bond acceptors (Lipinski definition) is 4. The van der Waals surface area contributed by atoms with Gasteiger partial charge in [-0.2, -0.15) is 5.10 Å². The zero-order valence-electron chi connectivity index (χ0n) is 13.4. The second kappa shape index (κ2) is 6.31. The average Bonchev–Trinajstić information content (AvgIpc) is 3.11. The number of amides is 1. The van der Waals surface area contributed by atoms with Crippen molar-refractivity contribution in [3.63, 3.8) is 0 Å². The molecule has 0 aliphatic carbocycles. The number of nitrogens with one attached hydrogen (secondary N) is 2. The molecule has 2 aromatic rings. The van der Waals surface area contributed by atoms with Crippen LogP contribution in [0.15, 0.2) is 30.5 Å². The number of anilines is 1. The Morgan fingerprint density at radius 2 is 2.29 bits per heavy atom. The van der Waals surface area contributed by atoms with Gasteiger partial charge in [-0.1, -0.05) is 0 Å². The van der Waals surface area contributed by atoms with Crippen molar-refractivity contribution in [2.24, 2.45) is 7.05 Å². The van der Waals surface area contributed by atoms with E-state index in [1.807, 2.05) is 0 Å². The van der Waals surface area contributed by atoms with Gasteiger partial charge in [0.2, 0.25) is 0 Å². The van der Waals surface area contributed by atoms with Crippen LogP contribution in [0.5, 0.6) is 0 Å². The van der Waals surface area contributed by atoms with E-state index in [-0.39, 0.29) is 6.10 Å². The highest BCUT2D eigenvalue weighted by Crippen LogP contribution is 2.28. The van der Waals surface area contributed by atoms with Crippen molar-refractivity contribution in [2.75, 3.05) is 18.0 Å². The van der Waals surface area contributed by atoms with Crippen LogP contribution in [-0.4, -0.2) is 40.9 Å². The molecule has 1 atom stereocenters. The molecule has 8 heteroatoms. The number of hydrogen-bond donors (Lipinski definition) is 2. The minimum absolute atomic E-state index is 0.302. The first kappa shape index (κ1) is 16.0. The predicted molar refractivity (Wildman–Crippen MR) is 87.6 cm³/mol. The van der Waals surface area contributed by atoms with E-state index in [0.29, 0.717) is 35.9 Å². The summed E-state index contributed by atoms with van der Waals surface area (Å²) in [4.78, 5) is 13.4. The minimum atomic E-state index is -0.517. The van der Waals surface area contributed by atoms with E-state index in [9.17, 15) is 9.18 Å². The maximum Gasteiger partial charge on any atom is 0.414 e. The number of halogens is 1. The Balaban J connectivity index is 1.78. The normalized spacial score (nSPS) is 17.0. The van der Waals surface area contributed by atoms with E-state index >= 15 is 0 Å². The summed E-state index contributed by atoms with van der Waals surface area (Å²) in [5.74, 6) is -0.128. The van der Waals surface area contributed by atoms with E-state index in [2.05, 4.69) is 10.4 Å². The van der Waals surface area contributed by atoms with E-state index in [1.54, 1.807) is 43.0 Å². The molecular formula is C16H18FN5O2. The monoisotopic (exact) mass is 331 g/mol. The number of carbonyl (C=O) groups is 1. The number of carbonyl (C=O) groups excluding carboxylic acids is 1. The number of aryl methyl sites for hydroxylation is 1. The number of benzene rings is 1. The Labute approximate surface area is 138 Å². The van der Waals surface area contributed by atoms with Crippen LogP contribution in [0.1, 0.15) is 6.92 Å². The van der Waals surface area contributed by atoms with Gasteiger partial charge in [-0.05, 0) is 31.2 Å². The molecule has 2 N–H and O–H groups in total. The zero-order chi connectivity index (χ0) is 17.3. The van der Waals surface area contributed by atoms with E-state index in [1.165, 1.54) is 11.0 Å². The fourth-order valence-electron chi connectivity index (χ4n) is 2.62. The molecule has 1 aromatic heterocycles. The Morgan fingerprint density at radius 1 is 1.50 bits per heavy atom. The molecule has 1 aliphatic heterocycles. The summed E-state index contributed by atoms with van der Waals surface area (Å²) in [6.07, 6.45) is 0.707. The van der Waals surface area contributed by atoms with Gasteiger partial charge in [-0.3, -0.25) is 15.0 Å². The summed E-state index contributed by atoms with van der Waals surface area (Å²) < 4.78 is 21.3. The fraction of sp³-hybridized carbons (Fsp3) is 0.312. The Hall–Kier alpha value is -2.90. The average molecular weight is 331 g/mol. The largest absolute Gasteiger partial charge is 0.442 e. The summed E-state index contributed by atoms with van der Waals surface area (Å²) in [5.41, 5.74) is 1.52. The molecule has 1 fully saturated rings. The molecule has 1 unspecified atom stereocenters. The molecule has 1 amide bonds. The van der Waals surface area contributed by atoms with Crippen LogP contribution in [0.3, 0.4) is 0 Å². The summed E-state index contributed by atoms with van der Waals surface area (Å²) in [7, 11) is 1.74. The zero-order valence-corrected chi connectivity index (χ0v) is 13.4. The third-order valence-corrected chi connectivity index (χ3v) is 3.83. The number of nitrogens with zero attached hydrogens (tertiary/aromatic N) is 3. The van der Waals surface area contributed by atoms with Crippen molar-refractivity contribution in [3.8, 4) is 11.3 Å². The maximum atomic E-state index is 14.5. The minimum Gasteiger partial charge on any atom is -0.442 e. The standard InChI is InChI=1S/C16H18FN5O2/c1-10(18)19-8-12-9-22(16(23)24-12)11-3-4-13(14(17)7-11)15-5-6-20-21(15)2/h3-7,12H,8-9H2,1-2H3,(H2,18,19). The topological polar surface area (TPSA) is 83.2 Å². The Morgan fingerprint density at radius 3 is 2.92 bits per heavy atom. The highest BCUT2D eigenvalue weighted by molar-refractivity contribution is 5.90.